The van der Waals surface area contributed by atoms with Gasteiger partial charge in [-0.2, -0.15) is 4.31 Å². The molecule has 1 fully saturated rings. The van der Waals surface area contributed by atoms with Crippen LogP contribution < -0.4 is 10.0 Å². The lowest BCUT2D eigenvalue weighted by atomic mass is 10.1. The fraction of sp³-hybridized carbons (Fsp3) is 0.538. The van der Waals surface area contributed by atoms with Gasteiger partial charge in [0.05, 0.1) is 9.79 Å². The molecule has 124 valence electrons. The maximum absolute atomic E-state index is 12.7. The molecule has 1 heterocycles. The van der Waals surface area contributed by atoms with E-state index in [4.69, 9.17) is 0 Å². The predicted molar refractivity (Wildman–Crippen MR) is 83.5 cm³/mol. The summed E-state index contributed by atoms with van der Waals surface area (Å²) in [6, 6.07) is 5.16. The summed E-state index contributed by atoms with van der Waals surface area (Å²) in [4.78, 5) is 0.138. The number of sulfonamides is 2. The summed E-state index contributed by atoms with van der Waals surface area (Å²) in [7, 11) is -5.90. The smallest absolute Gasteiger partial charge is 0.243 e. The van der Waals surface area contributed by atoms with Gasteiger partial charge in [-0.3, -0.25) is 0 Å². The zero-order valence-electron chi connectivity index (χ0n) is 12.8. The molecule has 0 spiro atoms. The molecule has 2 rings (SSSR count). The van der Waals surface area contributed by atoms with Crippen molar-refractivity contribution in [2.75, 3.05) is 20.1 Å². The average Bonchev–Trinajstić information content (AvgIpc) is 2.50. The highest BCUT2D eigenvalue weighted by Crippen LogP contribution is 2.22. The van der Waals surface area contributed by atoms with Gasteiger partial charge in [-0.15, -0.1) is 0 Å². The maximum atomic E-state index is 12.7. The van der Waals surface area contributed by atoms with Crippen molar-refractivity contribution in [1.29, 1.82) is 0 Å². The standard InChI is InChI=1S/C13H21N3O4S2/c1-10-11(2)16(9-8-15-10)22(19,20)13-6-4-12(5-7-13)21(17,18)14-3/h4-7,10-11,14-15H,8-9H2,1-3H3. The topological polar surface area (TPSA) is 95.6 Å². The predicted octanol–water partition coefficient (Wildman–Crippen LogP) is -0.0344. The Bertz CT molecular complexity index is 729. The molecule has 22 heavy (non-hydrogen) atoms. The average molecular weight is 347 g/mol. The third-order valence-electron chi connectivity index (χ3n) is 3.99. The molecule has 0 radical (unpaired) electrons. The van der Waals surface area contributed by atoms with Crippen LogP contribution in [-0.4, -0.2) is 53.4 Å². The molecule has 9 heteroatoms. The Morgan fingerprint density at radius 1 is 1.09 bits per heavy atom. The van der Waals surface area contributed by atoms with E-state index in [0.717, 1.165) is 0 Å². The summed E-state index contributed by atoms with van der Waals surface area (Å²) in [5.74, 6) is 0. The van der Waals surface area contributed by atoms with Gasteiger partial charge in [0.1, 0.15) is 0 Å². The molecule has 2 atom stereocenters. The van der Waals surface area contributed by atoms with Crippen molar-refractivity contribution in [3.05, 3.63) is 24.3 Å². The molecule has 0 aromatic heterocycles. The Morgan fingerprint density at radius 2 is 1.64 bits per heavy atom. The zero-order valence-corrected chi connectivity index (χ0v) is 14.4. The lowest BCUT2D eigenvalue weighted by Gasteiger charge is -2.37. The van der Waals surface area contributed by atoms with Crippen molar-refractivity contribution in [1.82, 2.24) is 14.3 Å². The maximum Gasteiger partial charge on any atom is 0.243 e. The highest BCUT2D eigenvalue weighted by atomic mass is 32.2. The van der Waals surface area contributed by atoms with Gasteiger partial charge in [-0.25, -0.2) is 21.6 Å². The second-order valence-electron chi connectivity index (χ2n) is 5.28. The van der Waals surface area contributed by atoms with E-state index in [2.05, 4.69) is 10.0 Å². The van der Waals surface area contributed by atoms with Crippen molar-refractivity contribution in [2.24, 2.45) is 0 Å². The fourth-order valence-electron chi connectivity index (χ4n) is 2.41. The van der Waals surface area contributed by atoms with Gasteiger partial charge in [0.2, 0.25) is 20.0 Å². The van der Waals surface area contributed by atoms with Crippen molar-refractivity contribution in [3.63, 3.8) is 0 Å². The molecular formula is C13H21N3O4S2. The van der Waals surface area contributed by atoms with Crippen LogP contribution in [0.4, 0.5) is 0 Å². The molecule has 1 aromatic carbocycles. The molecule has 2 unspecified atom stereocenters. The van der Waals surface area contributed by atoms with Gasteiger partial charge in [-0.05, 0) is 45.2 Å². The van der Waals surface area contributed by atoms with E-state index >= 15 is 0 Å². The number of nitrogens with one attached hydrogen (secondary N) is 2. The van der Waals surface area contributed by atoms with Gasteiger partial charge >= 0.3 is 0 Å². The largest absolute Gasteiger partial charge is 0.311 e. The van der Waals surface area contributed by atoms with Crippen molar-refractivity contribution < 1.29 is 16.8 Å². The number of hydrogen-bond acceptors (Lipinski definition) is 5. The first-order chi connectivity index (χ1) is 10.2. The van der Waals surface area contributed by atoms with Crippen LogP contribution in [0.15, 0.2) is 34.1 Å². The van der Waals surface area contributed by atoms with Crippen LogP contribution >= 0.6 is 0 Å². The summed E-state index contributed by atoms with van der Waals surface area (Å²) in [6.07, 6.45) is 0. The summed E-state index contributed by atoms with van der Waals surface area (Å²) in [5, 5.41) is 3.23. The van der Waals surface area contributed by atoms with Gasteiger partial charge in [0, 0.05) is 25.2 Å². The second-order valence-corrected chi connectivity index (χ2v) is 9.06. The summed E-state index contributed by atoms with van der Waals surface area (Å²) in [6.45, 7) is 4.78. The first-order valence-electron chi connectivity index (χ1n) is 6.99. The Labute approximate surface area is 131 Å². The lowest BCUT2D eigenvalue weighted by molar-refractivity contribution is 0.233. The van der Waals surface area contributed by atoms with Crippen molar-refractivity contribution in [2.45, 2.75) is 35.7 Å². The molecule has 2 N–H and O–H groups in total. The minimum absolute atomic E-state index is 0.0377. The van der Waals surface area contributed by atoms with E-state index in [1.807, 2.05) is 13.8 Å². The van der Waals surface area contributed by atoms with Gasteiger partial charge in [0.15, 0.2) is 0 Å². The Hall–Kier alpha value is -1.00. The zero-order chi connectivity index (χ0) is 16.5. The van der Waals surface area contributed by atoms with Crippen LogP contribution in [0.3, 0.4) is 0 Å². The van der Waals surface area contributed by atoms with Crippen LogP contribution in [0.25, 0.3) is 0 Å². The second kappa shape index (κ2) is 6.25. The highest BCUT2D eigenvalue weighted by Gasteiger charge is 2.34. The van der Waals surface area contributed by atoms with Crippen molar-refractivity contribution in [3.8, 4) is 0 Å². The minimum Gasteiger partial charge on any atom is -0.311 e. The fourth-order valence-corrected chi connectivity index (χ4v) is 4.84. The lowest BCUT2D eigenvalue weighted by Crippen LogP contribution is -2.57. The van der Waals surface area contributed by atoms with Gasteiger partial charge in [-0.1, -0.05) is 0 Å². The van der Waals surface area contributed by atoms with E-state index in [0.29, 0.717) is 13.1 Å². The molecule has 7 nitrogen and oxygen atoms in total. The first kappa shape index (κ1) is 17.4. The van der Waals surface area contributed by atoms with Crippen LogP contribution in [0.2, 0.25) is 0 Å². The molecule has 0 aliphatic carbocycles. The summed E-state index contributed by atoms with van der Waals surface area (Å²) < 4.78 is 52.4. The minimum atomic E-state index is -3.64. The van der Waals surface area contributed by atoms with E-state index in [1.54, 1.807) is 0 Å². The SMILES string of the molecule is CNS(=O)(=O)c1ccc(S(=O)(=O)N2CCNC(C)C2C)cc1. The Kier molecular flexibility index (Phi) is 4.93. The first-order valence-corrected chi connectivity index (χ1v) is 9.91. The Balaban J connectivity index is 2.34. The Morgan fingerprint density at radius 3 is 2.18 bits per heavy atom. The molecule has 1 saturated heterocycles. The molecule has 0 amide bonds. The highest BCUT2D eigenvalue weighted by molar-refractivity contribution is 7.89. The summed E-state index contributed by atoms with van der Waals surface area (Å²) in [5.41, 5.74) is 0. The quantitative estimate of drug-likeness (QED) is 0.797. The van der Waals surface area contributed by atoms with E-state index in [9.17, 15) is 16.8 Å². The third-order valence-corrected chi connectivity index (χ3v) is 7.42. The molecule has 1 aliphatic rings. The van der Waals surface area contributed by atoms with E-state index < -0.39 is 20.0 Å². The number of rotatable bonds is 4. The van der Waals surface area contributed by atoms with E-state index in [-0.39, 0.29) is 21.9 Å². The molecule has 0 bridgehead atoms. The summed E-state index contributed by atoms with van der Waals surface area (Å²) >= 11 is 0. The molecule has 1 aromatic rings. The number of hydrogen-bond donors (Lipinski definition) is 2. The van der Waals surface area contributed by atoms with E-state index in [1.165, 1.54) is 35.6 Å². The molecule has 1 aliphatic heterocycles. The van der Waals surface area contributed by atoms with Crippen molar-refractivity contribution >= 4 is 20.0 Å². The number of benzene rings is 1. The van der Waals surface area contributed by atoms with Gasteiger partial charge < -0.3 is 5.32 Å². The molecule has 0 saturated carbocycles. The third kappa shape index (κ3) is 3.18. The monoisotopic (exact) mass is 347 g/mol. The van der Waals surface area contributed by atoms with Crippen LogP contribution in [0.5, 0.6) is 0 Å². The number of nitrogens with zero attached hydrogens (tertiary/aromatic N) is 1. The van der Waals surface area contributed by atoms with Crippen LogP contribution in [-0.2, 0) is 20.0 Å². The normalized spacial score (nSPS) is 24.3. The number of piperazine rings is 1. The van der Waals surface area contributed by atoms with Crippen LogP contribution in [0.1, 0.15) is 13.8 Å². The van der Waals surface area contributed by atoms with Crippen LogP contribution in [0, 0.1) is 0 Å². The molecular weight excluding hydrogens is 326 g/mol. The van der Waals surface area contributed by atoms with Gasteiger partial charge in [0.25, 0.3) is 0 Å².